The Morgan fingerprint density at radius 2 is 2.05 bits per heavy atom. The van der Waals surface area contributed by atoms with Gasteiger partial charge in [-0.15, -0.1) is 0 Å². The molecule has 2 rings (SSSR count). The summed E-state index contributed by atoms with van der Waals surface area (Å²) in [6, 6.07) is 0. The van der Waals surface area contributed by atoms with Crippen molar-refractivity contribution in [3.63, 3.8) is 0 Å². The molecule has 1 heterocycles. The first kappa shape index (κ1) is 16.7. The molecule has 0 bridgehead atoms. The molecule has 0 radical (unpaired) electrons. The largest absolute Gasteiger partial charge is 0.463 e. The van der Waals surface area contributed by atoms with Crippen LogP contribution in [-0.4, -0.2) is 36.9 Å². The highest BCUT2D eigenvalue weighted by molar-refractivity contribution is 5.66. The number of hydrogen-bond donors (Lipinski definition) is 0. The summed E-state index contributed by atoms with van der Waals surface area (Å²) in [6.07, 6.45) is 8.11. The highest BCUT2D eigenvalue weighted by Crippen LogP contribution is 2.30. The van der Waals surface area contributed by atoms with Crippen LogP contribution in [0, 0.1) is 5.92 Å². The van der Waals surface area contributed by atoms with E-state index in [4.69, 9.17) is 14.2 Å². The zero-order valence-corrected chi connectivity index (χ0v) is 13.4. The molecule has 0 saturated heterocycles. The van der Waals surface area contributed by atoms with Crippen molar-refractivity contribution in [3.05, 3.63) is 23.8 Å². The van der Waals surface area contributed by atoms with Crippen molar-refractivity contribution in [1.82, 2.24) is 0 Å². The number of esters is 2. The summed E-state index contributed by atoms with van der Waals surface area (Å²) in [7, 11) is 0. The Kier molecular flexibility index (Phi) is 5.77. The average molecular weight is 308 g/mol. The summed E-state index contributed by atoms with van der Waals surface area (Å²) < 4.78 is 16.3. The molecule has 1 unspecified atom stereocenters. The van der Waals surface area contributed by atoms with Gasteiger partial charge in [0.25, 0.3) is 0 Å². The molecule has 0 amide bonds. The van der Waals surface area contributed by atoms with Crippen molar-refractivity contribution >= 4 is 11.9 Å². The number of carbonyl (C=O) groups is 2. The van der Waals surface area contributed by atoms with Crippen molar-refractivity contribution in [2.24, 2.45) is 5.92 Å². The predicted octanol–water partition coefficient (Wildman–Crippen LogP) is 2.55. The normalized spacial score (nSPS) is 31.3. The van der Waals surface area contributed by atoms with Crippen LogP contribution < -0.4 is 0 Å². The fourth-order valence-electron chi connectivity index (χ4n) is 2.74. The average Bonchev–Trinajstić information content (AvgIpc) is 2.46. The second kappa shape index (κ2) is 7.58. The second-order valence-electron chi connectivity index (χ2n) is 6.02. The predicted molar refractivity (Wildman–Crippen MR) is 81.1 cm³/mol. The van der Waals surface area contributed by atoms with E-state index in [0.717, 1.165) is 19.3 Å². The second-order valence-corrected chi connectivity index (χ2v) is 6.02. The van der Waals surface area contributed by atoms with Gasteiger partial charge in [-0.2, -0.15) is 0 Å². The molecule has 0 aromatic carbocycles. The third-order valence-electron chi connectivity index (χ3n) is 3.99. The minimum Gasteiger partial charge on any atom is -0.463 e. The molecule has 0 aromatic heterocycles. The Morgan fingerprint density at radius 1 is 1.27 bits per heavy atom. The Morgan fingerprint density at radius 3 is 2.64 bits per heavy atom. The van der Waals surface area contributed by atoms with Crippen LogP contribution in [0.3, 0.4) is 0 Å². The minimum absolute atomic E-state index is 0.0812. The monoisotopic (exact) mass is 308 g/mol. The number of carbonyl (C=O) groups excluding carboxylic acids is 2. The maximum absolute atomic E-state index is 11.2. The molecule has 1 aliphatic heterocycles. The molecule has 0 saturated carbocycles. The van der Waals surface area contributed by atoms with Gasteiger partial charge < -0.3 is 14.2 Å². The Balaban J connectivity index is 2.06. The lowest BCUT2D eigenvalue weighted by molar-refractivity contribution is -0.161. The first-order valence-corrected chi connectivity index (χ1v) is 7.79. The first-order valence-electron chi connectivity index (χ1n) is 7.79. The van der Waals surface area contributed by atoms with Gasteiger partial charge in [0.1, 0.15) is 18.8 Å². The molecule has 5 heteroatoms. The van der Waals surface area contributed by atoms with Crippen LogP contribution in [0.4, 0.5) is 0 Å². The van der Waals surface area contributed by atoms with Crippen molar-refractivity contribution in [2.75, 3.05) is 6.61 Å². The van der Waals surface area contributed by atoms with Crippen LogP contribution in [0.25, 0.3) is 0 Å². The molecule has 122 valence electrons. The summed E-state index contributed by atoms with van der Waals surface area (Å²) in [5, 5.41) is 0. The first-order chi connectivity index (χ1) is 10.5. The molecular formula is C17H24O5. The molecule has 0 aromatic rings. The summed E-state index contributed by atoms with van der Waals surface area (Å²) in [5.74, 6) is -0.0424. The molecule has 2 aliphatic rings. The zero-order valence-electron chi connectivity index (χ0n) is 13.4. The van der Waals surface area contributed by atoms with Gasteiger partial charge in [-0.05, 0) is 36.8 Å². The fraction of sp³-hybridized carbons (Fsp3) is 0.647. The van der Waals surface area contributed by atoms with Crippen molar-refractivity contribution in [1.29, 1.82) is 0 Å². The smallest absolute Gasteiger partial charge is 0.303 e. The van der Waals surface area contributed by atoms with E-state index in [9.17, 15) is 9.59 Å². The SMILES string of the molecule is CC(=O)OC[C@H]1O[C@H](C2=CCC(C)CC2)C=C[C@@H]1OC(C)=O. The Labute approximate surface area is 131 Å². The lowest BCUT2D eigenvalue weighted by Gasteiger charge is -2.33. The van der Waals surface area contributed by atoms with Gasteiger partial charge in [-0.25, -0.2) is 0 Å². The molecule has 0 N–H and O–H groups in total. The number of allylic oxidation sites excluding steroid dienone is 1. The van der Waals surface area contributed by atoms with Crippen LogP contribution in [0.2, 0.25) is 0 Å². The highest BCUT2D eigenvalue weighted by Gasteiger charge is 2.32. The van der Waals surface area contributed by atoms with Gasteiger partial charge in [0.05, 0.1) is 6.10 Å². The molecule has 0 fully saturated rings. The Bertz CT molecular complexity index is 479. The van der Waals surface area contributed by atoms with E-state index in [1.54, 1.807) is 0 Å². The zero-order chi connectivity index (χ0) is 16.1. The van der Waals surface area contributed by atoms with Gasteiger partial charge in [-0.3, -0.25) is 9.59 Å². The van der Waals surface area contributed by atoms with Crippen LogP contribution in [0.1, 0.15) is 40.0 Å². The van der Waals surface area contributed by atoms with E-state index in [-0.39, 0.29) is 24.6 Å². The molecular weight excluding hydrogens is 284 g/mol. The van der Waals surface area contributed by atoms with Crippen molar-refractivity contribution in [2.45, 2.75) is 58.3 Å². The summed E-state index contributed by atoms with van der Waals surface area (Å²) in [4.78, 5) is 22.2. The van der Waals surface area contributed by atoms with E-state index in [1.807, 2.05) is 12.2 Å². The molecule has 4 atom stereocenters. The van der Waals surface area contributed by atoms with Gasteiger partial charge >= 0.3 is 11.9 Å². The summed E-state index contributed by atoms with van der Waals surface area (Å²) in [6.45, 7) is 5.03. The third kappa shape index (κ3) is 4.70. The molecule has 1 aliphatic carbocycles. The lowest BCUT2D eigenvalue weighted by atomic mass is 9.87. The maximum Gasteiger partial charge on any atom is 0.303 e. The van der Waals surface area contributed by atoms with Crippen LogP contribution in [-0.2, 0) is 23.8 Å². The minimum atomic E-state index is -0.517. The summed E-state index contributed by atoms with van der Waals surface area (Å²) >= 11 is 0. The lowest BCUT2D eigenvalue weighted by Crippen LogP contribution is -2.42. The highest BCUT2D eigenvalue weighted by atomic mass is 16.6. The fourth-order valence-corrected chi connectivity index (χ4v) is 2.74. The molecule has 5 nitrogen and oxygen atoms in total. The van der Waals surface area contributed by atoms with Gasteiger partial charge in [-0.1, -0.05) is 19.1 Å². The number of hydrogen-bond acceptors (Lipinski definition) is 5. The van der Waals surface area contributed by atoms with E-state index >= 15 is 0 Å². The van der Waals surface area contributed by atoms with Crippen LogP contribution in [0.15, 0.2) is 23.8 Å². The van der Waals surface area contributed by atoms with E-state index in [2.05, 4.69) is 13.0 Å². The summed E-state index contributed by atoms with van der Waals surface area (Å²) in [5.41, 5.74) is 1.25. The number of rotatable bonds is 4. The van der Waals surface area contributed by atoms with E-state index in [0.29, 0.717) is 5.92 Å². The standard InChI is InChI=1S/C17H24O5/c1-11-4-6-14(7-5-11)15-8-9-16(21-13(3)19)17(22-15)10-20-12(2)18/h6,8-9,11,15-17H,4-5,7,10H2,1-3H3/t11?,15-,16-,17+/m0/s1. The third-order valence-corrected chi connectivity index (χ3v) is 3.99. The van der Waals surface area contributed by atoms with Crippen LogP contribution in [0.5, 0.6) is 0 Å². The maximum atomic E-state index is 11.2. The molecule has 0 spiro atoms. The van der Waals surface area contributed by atoms with E-state index < -0.39 is 12.2 Å². The van der Waals surface area contributed by atoms with Gasteiger partial charge in [0.15, 0.2) is 0 Å². The topological polar surface area (TPSA) is 61.8 Å². The van der Waals surface area contributed by atoms with Crippen LogP contribution >= 0.6 is 0 Å². The Hall–Kier alpha value is -1.62. The van der Waals surface area contributed by atoms with Gasteiger partial charge in [0.2, 0.25) is 0 Å². The quantitative estimate of drug-likeness (QED) is 0.590. The molecule has 22 heavy (non-hydrogen) atoms. The van der Waals surface area contributed by atoms with E-state index in [1.165, 1.54) is 19.4 Å². The number of ether oxygens (including phenoxy) is 3. The van der Waals surface area contributed by atoms with Crippen molar-refractivity contribution in [3.8, 4) is 0 Å². The van der Waals surface area contributed by atoms with Crippen molar-refractivity contribution < 1.29 is 23.8 Å². The van der Waals surface area contributed by atoms with Gasteiger partial charge in [0, 0.05) is 13.8 Å².